The third-order valence-electron chi connectivity index (χ3n) is 12.9. The molecule has 0 aliphatic heterocycles. The second kappa shape index (κ2) is 19.2. The van der Waals surface area contributed by atoms with E-state index < -0.39 is 0 Å². The molecule has 4 nitrogen and oxygen atoms in total. The van der Waals surface area contributed by atoms with Crippen LogP contribution in [0.5, 0.6) is 23.0 Å². The SMILES string of the molecule is Cc1ccc(C)c(-c2ccc(OCCCCOc3ccc(-c4cc(C)ccc4C)cc3-c3cc(C)cc(-c4cc(C)ccc4C)c3O)c(-c3cc(C)cc(-c4cc(C)ccc4C)c3O)c2)c1. The van der Waals surface area contributed by atoms with Crippen molar-refractivity contribution in [1.29, 1.82) is 0 Å². The van der Waals surface area contributed by atoms with Crippen molar-refractivity contribution >= 4 is 0 Å². The molecule has 0 saturated heterocycles. The first kappa shape index (κ1) is 45.5. The first-order valence-electron chi connectivity index (χ1n) is 23.2. The van der Waals surface area contributed by atoms with Crippen LogP contribution >= 0.6 is 0 Å². The van der Waals surface area contributed by atoms with Crippen molar-refractivity contribution in [3.05, 3.63) is 189 Å². The standard InChI is InChI=1S/C62H62O4/c1-37-13-17-43(7)49(27-37)47-21-23-59(53(35-47)57-33-41(5)31-55(61(57)63)51-29-39(3)15-19-45(51)9)65-25-11-12-26-66-60-24-22-48(50-28-38(2)14-18-44(50)8)36-54(60)58-34-42(6)32-56(62(58)64)52-30-40(4)16-20-46(52)10/h13-24,27-36,63-64H,11-12,25-26H2,1-10H3. The summed E-state index contributed by atoms with van der Waals surface area (Å²) in [6, 6.07) is 46.7. The van der Waals surface area contributed by atoms with Gasteiger partial charge in [-0.15, -0.1) is 0 Å². The monoisotopic (exact) mass is 870 g/mol. The number of hydrogen-bond donors (Lipinski definition) is 2. The molecular formula is C62H62O4. The molecule has 0 unspecified atom stereocenters. The predicted molar refractivity (Wildman–Crippen MR) is 276 cm³/mol. The Labute approximate surface area is 392 Å². The van der Waals surface area contributed by atoms with Crippen LogP contribution in [0.15, 0.2) is 133 Å². The molecule has 8 aromatic rings. The summed E-state index contributed by atoms with van der Waals surface area (Å²) in [5, 5.41) is 24.2. The van der Waals surface area contributed by atoms with Crippen LogP contribution in [0.2, 0.25) is 0 Å². The van der Waals surface area contributed by atoms with Gasteiger partial charge in [-0.05, 0) is 197 Å². The molecule has 0 radical (unpaired) electrons. The van der Waals surface area contributed by atoms with Gasteiger partial charge in [0.25, 0.3) is 0 Å². The van der Waals surface area contributed by atoms with E-state index in [1.807, 2.05) is 12.1 Å². The number of unbranched alkanes of at least 4 members (excludes halogenated alkanes) is 1. The van der Waals surface area contributed by atoms with Crippen molar-refractivity contribution in [2.24, 2.45) is 0 Å². The van der Waals surface area contributed by atoms with Crippen molar-refractivity contribution in [2.45, 2.75) is 82.1 Å². The van der Waals surface area contributed by atoms with Crippen molar-refractivity contribution < 1.29 is 19.7 Å². The van der Waals surface area contributed by atoms with Crippen LogP contribution in [0.3, 0.4) is 0 Å². The van der Waals surface area contributed by atoms with Crippen LogP contribution in [0.25, 0.3) is 66.8 Å². The highest BCUT2D eigenvalue weighted by Crippen LogP contribution is 2.47. The second-order valence-electron chi connectivity index (χ2n) is 18.5. The highest BCUT2D eigenvalue weighted by molar-refractivity contribution is 5.90. The van der Waals surface area contributed by atoms with Gasteiger partial charge in [0.2, 0.25) is 0 Å². The first-order chi connectivity index (χ1) is 31.6. The van der Waals surface area contributed by atoms with Crippen molar-refractivity contribution in [3.63, 3.8) is 0 Å². The summed E-state index contributed by atoms with van der Waals surface area (Å²) in [6.45, 7) is 22.0. The van der Waals surface area contributed by atoms with Gasteiger partial charge < -0.3 is 19.7 Å². The molecule has 0 amide bonds. The summed E-state index contributed by atoms with van der Waals surface area (Å²) in [7, 11) is 0. The van der Waals surface area contributed by atoms with Crippen LogP contribution in [0, 0.1) is 69.2 Å². The van der Waals surface area contributed by atoms with Gasteiger partial charge in [-0.1, -0.05) is 107 Å². The van der Waals surface area contributed by atoms with Gasteiger partial charge in [0.05, 0.1) is 13.2 Å². The Hall–Kier alpha value is -7.04. The maximum absolute atomic E-state index is 12.1. The van der Waals surface area contributed by atoms with Crippen molar-refractivity contribution in [2.75, 3.05) is 13.2 Å². The Morgan fingerprint density at radius 3 is 0.924 bits per heavy atom. The average Bonchev–Trinajstić information content (AvgIpc) is 3.29. The minimum atomic E-state index is 0.242. The lowest BCUT2D eigenvalue weighted by Crippen LogP contribution is -2.04. The number of phenolic OH excluding ortho intramolecular Hbond substituents is 2. The molecule has 334 valence electrons. The summed E-state index contributed by atoms with van der Waals surface area (Å²) in [5.41, 5.74) is 22.7. The lowest BCUT2D eigenvalue weighted by atomic mass is 9.90. The number of rotatable bonds is 13. The van der Waals surface area contributed by atoms with E-state index in [0.29, 0.717) is 13.2 Å². The van der Waals surface area contributed by atoms with Crippen molar-refractivity contribution in [3.8, 4) is 89.8 Å². The maximum atomic E-state index is 12.1. The molecule has 0 aliphatic carbocycles. The molecule has 0 heterocycles. The van der Waals surface area contributed by atoms with Crippen LogP contribution < -0.4 is 9.47 Å². The number of ether oxygens (including phenoxy) is 2. The van der Waals surface area contributed by atoms with Gasteiger partial charge in [-0.25, -0.2) is 0 Å². The molecule has 0 aromatic heterocycles. The molecular weight excluding hydrogens is 809 g/mol. The van der Waals surface area contributed by atoms with Gasteiger partial charge >= 0.3 is 0 Å². The molecule has 2 N–H and O–H groups in total. The van der Waals surface area contributed by atoms with Crippen LogP contribution in [0.4, 0.5) is 0 Å². The smallest absolute Gasteiger partial charge is 0.131 e. The molecule has 0 saturated carbocycles. The minimum absolute atomic E-state index is 0.242. The molecule has 0 fully saturated rings. The highest BCUT2D eigenvalue weighted by atomic mass is 16.5. The highest BCUT2D eigenvalue weighted by Gasteiger charge is 2.21. The normalized spacial score (nSPS) is 11.2. The summed E-state index contributed by atoms with van der Waals surface area (Å²) in [6.07, 6.45) is 1.49. The number of aryl methyl sites for hydroxylation is 10. The summed E-state index contributed by atoms with van der Waals surface area (Å²) in [4.78, 5) is 0. The van der Waals surface area contributed by atoms with Crippen molar-refractivity contribution in [1.82, 2.24) is 0 Å². The predicted octanol–water partition coefficient (Wildman–Crippen LogP) is 16.4. The van der Waals surface area contributed by atoms with Gasteiger partial charge in [-0.3, -0.25) is 0 Å². The molecule has 4 heteroatoms. The Bertz CT molecular complexity index is 2910. The number of phenols is 2. The number of hydrogen-bond acceptors (Lipinski definition) is 4. The van der Waals surface area contributed by atoms with E-state index in [0.717, 1.165) is 124 Å². The average molecular weight is 871 g/mol. The van der Waals surface area contributed by atoms with E-state index in [-0.39, 0.29) is 11.5 Å². The quantitative estimate of drug-likeness (QED) is 0.113. The maximum Gasteiger partial charge on any atom is 0.131 e. The van der Waals surface area contributed by atoms with Gasteiger partial charge in [0.15, 0.2) is 0 Å². The zero-order valence-corrected chi connectivity index (χ0v) is 40.2. The zero-order chi connectivity index (χ0) is 46.8. The summed E-state index contributed by atoms with van der Waals surface area (Å²) >= 11 is 0. The first-order valence-corrected chi connectivity index (χ1v) is 23.2. The van der Waals surface area contributed by atoms with E-state index >= 15 is 0 Å². The van der Waals surface area contributed by atoms with Crippen LogP contribution in [0.1, 0.15) is 68.5 Å². The fraction of sp³-hybridized carbons (Fsp3) is 0.226. The Balaban J connectivity index is 1.08. The van der Waals surface area contributed by atoms with Crippen LogP contribution in [-0.2, 0) is 0 Å². The topological polar surface area (TPSA) is 58.9 Å². The molecule has 8 rings (SSSR count). The summed E-state index contributed by atoms with van der Waals surface area (Å²) < 4.78 is 13.3. The third kappa shape index (κ3) is 9.65. The van der Waals surface area contributed by atoms with E-state index in [1.165, 1.54) is 22.3 Å². The lowest BCUT2D eigenvalue weighted by Gasteiger charge is -2.19. The molecule has 0 atom stereocenters. The van der Waals surface area contributed by atoms with Crippen LogP contribution in [-0.4, -0.2) is 23.4 Å². The Morgan fingerprint density at radius 1 is 0.288 bits per heavy atom. The van der Waals surface area contributed by atoms with Gasteiger partial charge in [0.1, 0.15) is 23.0 Å². The Kier molecular flexibility index (Phi) is 13.2. The second-order valence-corrected chi connectivity index (χ2v) is 18.5. The third-order valence-corrected chi connectivity index (χ3v) is 12.9. The minimum Gasteiger partial charge on any atom is -0.507 e. The van der Waals surface area contributed by atoms with Gasteiger partial charge in [-0.2, -0.15) is 0 Å². The lowest BCUT2D eigenvalue weighted by molar-refractivity contribution is 0.267. The van der Waals surface area contributed by atoms with Gasteiger partial charge in [0, 0.05) is 33.4 Å². The van der Waals surface area contributed by atoms with E-state index in [1.54, 1.807) is 0 Å². The molecule has 0 aliphatic rings. The fourth-order valence-electron chi connectivity index (χ4n) is 9.16. The fourth-order valence-corrected chi connectivity index (χ4v) is 9.16. The molecule has 66 heavy (non-hydrogen) atoms. The molecule has 8 aromatic carbocycles. The van der Waals surface area contributed by atoms with E-state index in [2.05, 4.69) is 191 Å². The van der Waals surface area contributed by atoms with E-state index in [4.69, 9.17) is 9.47 Å². The molecule has 0 bridgehead atoms. The van der Waals surface area contributed by atoms with E-state index in [9.17, 15) is 10.2 Å². The number of aromatic hydroxyl groups is 2. The largest absolute Gasteiger partial charge is 0.507 e. The number of benzene rings is 8. The summed E-state index contributed by atoms with van der Waals surface area (Å²) in [5.74, 6) is 1.92. The Morgan fingerprint density at radius 2 is 0.576 bits per heavy atom. The molecule has 0 spiro atoms. The zero-order valence-electron chi connectivity index (χ0n) is 40.2.